The molecule has 5 heteroatoms. The average molecular weight is 244 g/mol. The Bertz CT molecular complexity index is 264. The molecular formula is C12H24N2O3. The molecule has 0 aromatic rings. The van der Waals surface area contributed by atoms with Crippen LogP contribution in [0.15, 0.2) is 0 Å². The Hall–Kier alpha value is -1.10. The molecule has 100 valence electrons. The van der Waals surface area contributed by atoms with Crippen molar-refractivity contribution in [2.75, 3.05) is 0 Å². The zero-order chi connectivity index (χ0) is 13.6. The van der Waals surface area contributed by atoms with Gasteiger partial charge in [-0.05, 0) is 33.1 Å². The number of hydrogen-bond donors (Lipinski definition) is 3. The number of carbonyl (C=O) groups excluding carboxylic acids is 1. The van der Waals surface area contributed by atoms with Gasteiger partial charge in [-0.2, -0.15) is 0 Å². The quantitative estimate of drug-likeness (QED) is 0.624. The zero-order valence-corrected chi connectivity index (χ0v) is 11.3. The fourth-order valence-corrected chi connectivity index (χ4v) is 1.50. The van der Waals surface area contributed by atoms with Gasteiger partial charge in [0.25, 0.3) is 0 Å². The highest BCUT2D eigenvalue weighted by atomic mass is 16.4. The normalized spacial score (nSPS) is 14.8. The number of nitrogens with one attached hydrogen (secondary N) is 2. The monoisotopic (exact) mass is 244 g/mol. The minimum atomic E-state index is -0.914. The van der Waals surface area contributed by atoms with Crippen molar-refractivity contribution < 1.29 is 14.7 Å². The molecule has 17 heavy (non-hydrogen) atoms. The highest BCUT2D eigenvalue weighted by Crippen LogP contribution is 2.06. The van der Waals surface area contributed by atoms with Crippen LogP contribution in [0.5, 0.6) is 0 Å². The highest BCUT2D eigenvalue weighted by Gasteiger charge is 2.23. The second kappa shape index (κ2) is 7.27. The summed E-state index contributed by atoms with van der Waals surface area (Å²) < 4.78 is 0. The largest absolute Gasteiger partial charge is 0.480 e. The van der Waals surface area contributed by atoms with Crippen molar-refractivity contribution in [1.82, 2.24) is 10.6 Å². The fraction of sp³-hybridized carbons (Fsp3) is 0.833. The molecule has 0 spiro atoms. The molecule has 2 unspecified atom stereocenters. The van der Waals surface area contributed by atoms with Gasteiger partial charge in [0.05, 0.1) is 6.04 Å². The standard InChI is InChI=1S/C12H24N2O3/c1-7(2)6-10(12(16)17)14-9(5)11(15)13-8(3)4/h7-10,14H,6H2,1-5H3,(H,13,15)(H,16,17). The van der Waals surface area contributed by atoms with E-state index in [9.17, 15) is 9.59 Å². The first-order valence-electron chi connectivity index (χ1n) is 6.03. The van der Waals surface area contributed by atoms with E-state index in [0.29, 0.717) is 6.42 Å². The number of carbonyl (C=O) groups is 2. The molecule has 2 atom stereocenters. The van der Waals surface area contributed by atoms with E-state index < -0.39 is 18.1 Å². The average Bonchev–Trinajstić information content (AvgIpc) is 2.14. The van der Waals surface area contributed by atoms with Crippen LogP contribution in [0.3, 0.4) is 0 Å². The fourth-order valence-electron chi connectivity index (χ4n) is 1.50. The van der Waals surface area contributed by atoms with Crippen LogP contribution >= 0.6 is 0 Å². The van der Waals surface area contributed by atoms with Crippen LogP contribution < -0.4 is 10.6 Å². The number of aliphatic carboxylic acids is 1. The molecule has 0 aromatic carbocycles. The molecule has 0 heterocycles. The van der Waals surface area contributed by atoms with E-state index in [-0.39, 0.29) is 17.9 Å². The minimum absolute atomic E-state index is 0.0557. The summed E-state index contributed by atoms with van der Waals surface area (Å²) >= 11 is 0. The zero-order valence-electron chi connectivity index (χ0n) is 11.3. The van der Waals surface area contributed by atoms with Crippen LogP contribution in [0.25, 0.3) is 0 Å². The Morgan fingerprint density at radius 1 is 1.12 bits per heavy atom. The van der Waals surface area contributed by atoms with Gasteiger partial charge in [-0.1, -0.05) is 13.8 Å². The Labute approximate surface area is 103 Å². The van der Waals surface area contributed by atoms with Crippen molar-refractivity contribution in [2.45, 2.75) is 59.2 Å². The maximum atomic E-state index is 11.6. The van der Waals surface area contributed by atoms with Crippen molar-refractivity contribution in [1.29, 1.82) is 0 Å². The molecule has 0 radical (unpaired) electrons. The number of carboxylic acid groups (broad SMARTS) is 1. The van der Waals surface area contributed by atoms with Crippen LogP contribution in [0.4, 0.5) is 0 Å². The van der Waals surface area contributed by atoms with E-state index in [4.69, 9.17) is 5.11 Å². The molecular weight excluding hydrogens is 220 g/mol. The van der Waals surface area contributed by atoms with Crippen LogP contribution in [-0.2, 0) is 9.59 Å². The van der Waals surface area contributed by atoms with Crippen molar-refractivity contribution in [3.63, 3.8) is 0 Å². The van der Waals surface area contributed by atoms with Gasteiger partial charge in [-0.15, -0.1) is 0 Å². The summed E-state index contributed by atoms with van der Waals surface area (Å²) in [7, 11) is 0. The Kier molecular flexibility index (Phi) is 6.80. The van der Waals surface area contributed by atoms with E-state index in [0.717, 1.165) is 0 Å². The SMILES string of the molecule is CC(C)CC(NC(C)C(=O)NC(C)C)C(=O)O. The van der Waals surface area contributed by atoms with E-state index >= 15 is 0 Å². The summed E-state index contributed by atoms with van der Waals surface area (Å²) in [6.07, 6.45) is 0.509. The van der Waals surface area contributed by atoms with E-state index in [1.54, 1.807) is 6.92 Å². The first-order chi connectivity index (χ1) is 7.73. The molecule has 0 aliphatic heterocycles. The third-order valence-corrected chi connectivity index (χ3v) is 2.28. The molecule has 0 rings (SSSR count). The second-order valence-electron chi connectivity index (χ2n) is 5.07. The highest BCUT2D eigenvalue weighted by molar-refractivity contribution is 5.82. The van der Waals surface area contributed by atoms with E-state index in [1.807, 2.05) is 27.7 Å². The maximum Gasteiger partial charge on any atom is 0.320 e. The van der Waals surface area contributed by atoms with Gasteiger partial charge in [0.2, 0.25) is 5.91 Å². The summed E-state index contributed by atoms with van der Waals surface area (Å²) in [5.41, 5.74) is 0. The Morgan fingerprint density at radius 3 is 2.00 bits per heavy atom. The molecule has 3 N–H and O–H groups in total. The maximum absolute atomic E-state index is 11.6. The lowest BCUT2D eigenvalue weighted by atomic mass is 10.0. The van der Waals surface area contributed by atoms with E-state index in [2.05, 4.69) is 10.6 Å². The number of carboxylic acids is 1. The minimum Gasteiger partial charge on any atom is -0.480 e. The van der Waals surface area contributed by atoms with Gasteiger partial charge in [-0.25, -0.2) is 0 Å². The molecule has 0 fully saturated rings. The second-order valence-corrected chi connectivity index (χ2v) is 5.07. The summed E-state index contributed by atoms with van der Waals surface area (Å²) in [6, 6.07) is -1.12. The summed E-state index contributed by atoms with van der Waals surface area (Å²) in [5.74, 6) is -0.818. The predicted molar refractivity (Wildman–Crippen MR) is 66.8 cm³/mol. The summed E-state index contributed by atoms with van der Waals surface area (Å²) in [6.45, 7) is 9.32. The molecule has 0 aromatic heterocycles. The molecule has 1 amide bonds. The van der Waals surface area contributed by atoms with Gasteiger partial charge in [0, 0.05) is 6.04 Å². The van der Waals surface area contributed by atoms with Crippen molar-refractivity contribution in [3.8, 4) is 0 Å². The smallest absolute Gasteiger partial charge is 0.320 e. The van der Waals surface area contributed by atoms with Crippen LogP contribution in [0, 0.1) is 5.92 Å². The number of hydrogen-bond acceptors (Lipinski definition) is 3. The molecule has 0 bridgehead atoms. The topological polar surface area (TPSA) is 78.4 Å². The molecule has 0 aliphatic rings. The third kappa shape index (κ3) is 6.94. The van der Waals surface area contributed by atoms with Gasteiger partial charge >= 0.3 is 5.97 Å². The predicted octanol–water partition coefficient (Wildman–Crippen LogP) is 0.988. The lowest BCUT2D eigenvalue weighted by molar-refractivity contribution is -0.140. The van der Waals surface area contributed by atoms with Crippen LogP contribution in [-0.4, -0.2) is 35.1 Å². The number of rotatable bonds is 7. The van der Waals surface area contributed by atoms with E-state index in [1.165, 1.54) is 0 Å². The summed E-state index contributed by atoms with van der Waals surface area (Å²) in [5, 5.41) is 14.6. The lowest BCUT2D eigenvalue weighted by Crippen LogP contribution is -2.51. The molecule has 0 aliphatic carbocycles. The van der Waals surface area contributed by atoms with Crippen molar-refractivity contribution in [3.05, 3.63) is 0 Å². The third-order valence-electron chi connectivity index (χ3n) is 2.28. The van der Waals surface area contributed by atoms with Gasteiger partial charge in [0.15, 0.2) is 0 Å². The van der Waals surface area contributed by atoms with Crippen molar-refractivity contribution in [2.24, 2.45) is 5.92 Å². The first-order valence-corrected chi connectivity index (χ1v) is 6.03. The molecule has 0 saturated heterocycles. The molecule has 5 nitrogen and oxygen atoms in total. The van der Waals surface area contributed by atoms with Gasteiger partial charge in [-0.3, -0.25) is 14.9 Å². The first kappa shape index (κ1) is 15.9. The van der Waals surface area contributed by atoms with Gasteiger partial charge < -0.3 is 10.4 Å². The molecule has 0 saturated carbocycles. The number of amides is 1. The van der Waals surface area contributed by atoms with Gasteiger partial charge in [0.1, 0.15) is 6.04 Å². The summed E-state index contributed by atoms with van der Waals surface area (Å²) in [4.78, 5) is 22.7. The van der Waals surface area contributed by atoms with Crippen LogP contribution in [0.2, 0.25) is 0 Å². The van der Waals surface area contributed by atoms with Crippen LogP contribution in [0.1, 0.15) is 41.0 Å². The van der Waals surface area contributed by atoms with Crippen molar-refractivity contribution >= 4 is 11.9 Å². The Morgan fingerprint density at radius 2 is 1.65 bits per heavy atom. The lowest BCUT2D eigenvalue weighted by Gasteiger charge is -2.22. The Balaban J connectivity index is 4.34.